The van der Waals surface area contributed by atoms with Gasteiger partial charge in [0.25, 0.3) is 29.8 Å². The predicted molar refractivity (Wildman–Crippen MR) is 286 cm³/mol. The Bertz CT molecular complexity index is 1830. The van der Waals surface area contributed by atoms with Gasteiger partial charge in [-0.25, -0.2) is 0 Å². The summed E-state index contributed by atoms with van der Waals surface area (Å²) in [5.74, 6) is -8.63. The van der Waals surface area contributed by atoms with Gasteiger partial charge >= 0.3 is 41.8 Å². The molecule has 0 aromatic rings. The molecule has 0 saturated carbocycles. The van der Waals surface area contributed by atoms with E-state index in [2.05, 4.69) is 4.74 Å². The number of ether oxygens (including phenoxy) is 6. The number of carboxylic acid groups (broad SMARTS) is 7. The summed E-state index contributed by atoms with van der Waals surface area (Å²) in [5.41, 5.74) is -5.41. The third-order valence-electron chi connectivity index (χ3n) is 10.7. The first kappa shape index (κ1) is 87.4. The van der Waals surface area contributed by atoms with E-state index in [-0.39, 0.29) is 43.5 Å². The monoisotopic (exact) mass is 1160 g/mol. The first-order valence-electron chi connectivity index (χ1n) is 25.1. The molecule has 0 amide bonds. The number of aliphatic hydroxyl groups is 2. The minimum absolute atomic E-state index is 0.0352. The standard InChI is InChI=1S/C28H48O12.C9H16O3.C6H12O2.5C2H4O2/c1-10-27(8,16-25(4,5)21(32)33)23(35)40-15-20(31)13-38-22(34)26(6,7)17-28(9,11-2)24(36)39-14-19(30)12-37-18(3)29;1-4-9(2,3)8(10)12-6-7-5-11-7;1-4-6(2,3)5(7)8;5*1-2(3)4/h19-20,30-31H,10-17H2,1-9H3,(H,32,33);7H,4-6H2,1-3H3;4H2,1-3H3,(H,7,8);5*1H3,(H,3,4). The molecule has 0 radical (unpaired) electrons. The van der Waals surface area contributed by atoms with Crippen LogP contribution in [-0.4, -0.2) is 176 Å². The van der Waals surface area contributed by atoms with E-state index in [1.165, 1.54) is 20.8 Å². The maximum atomic E-state index is 12.8. The maximum absolute atomic E-state index is 12.8. The zero-order valence-electron chi connectivity index (χ0n) is 50.6. The minimum Gasteiger partial charge on any atom is -0.481 e. The lowest BCUT2D eigenvalue weighted by atomic mass is 9.72. The van der Waals surface area contributed by atoms with Crippen LogP contribution in [0.25, 0.3) is 0 Å². The van der Waals surface area contributed by atoms with Crippen molar-refractivity contribution >= 4 is 71.6 Å². The van der Waals surface area contributed by atoms with Crippen LogP contribution in [-0.2, 0) is 86.0 Å². The van der Waals surface area contributed by atoms with E-state index in [9.17, 15) is 48.9 Å². The summed E-state index contributed by atoms with van der Waals surface area (Å²) in [6, 6.07) is 0. The van der Waals surface area contributed by atoms with Crippen molar-refractivity contribution in [2.75, 3.05) is 39.6 Å². The number of aliphatic carboxylic acids is 7. The first-order chi connectivity index (χ1) is 35.9. The van der Waals surface area contributed by atoms with Gasteiger partial charge < -0.3 is 74.4 Å². The van der Waals surface area contributed by atoms with Gasteiger partial charge in [0.15, 0.2) is 0 Å². The zero-order chi connectivity index (χ0) is 65.4. The van der Waals surface area contributed by atoms with Gasteiger partial charge in [0.2, 0.25) is 0 Å². The van der Waals surface area contributed by atoms with E-state index in [1.54, 1.807) is 55.4 Å². The van der Waals surface area contributed by atoms with Crippen LogP contribution < -0.4 is 0 Å². The quantitative estimate of drug-likeness (QED) is 0.0305. The highest BCUT2D eigenvalue weighted by molar-refractivity contribution is 5.81. The van der Waals surface area contributed by atoms with E-state index in [1.807, 2.05) is 27.7 Å². The Morgan fingerprint density at radius 2 is 0.650 bits per heavy atom. The normalized spacial score (nSPS) is 14.2. The molecule has 1 heterocycles. The van der Waals surface area contributed by atoms with Crippen LogP contribution in [0.15, 0.2) is 0 Å². The SMILES string of the molecule is CC(=O)O.CC(=O)O.CC(=O)O.CC(=O)O.CC(=O)O.CCC(C)(C)C(=O)O.CCC(C)(C)C(=O)OCC1CO1.CCC(C)(CC(C)(C)C(=O)O)C(=O)OCC(O)COC(=O)C(C)(C)CC(C)(CC)C(=O)OCC(O)COC(C)=O. The Morgan fingerprint density at radius 3 is 0.875 bits per heavy atom. The van der Waals surface area contributed by atoms with Crippen LogP contribution in [0.1, 0.15) is 177 Å². The van der Waals surface area contributed by atoms with E-state index < -0.39 is 118 Å². The fourth-order valence-corrected chi connectivity index (χ4v) is 4.97. The second-order valence-corrected chi connectivity index (χ2v) is 21.1. The Hall–Kier alpha value is -6.48. The molecule has 0 aromatic heterocycles. The molecule has 5 unspecified atom stereocenters. The molecule has 1 rings (SSSR count). The molecule has 27 heteroatoms. The summed E-state index contributed by atoms with van der Waals surface area (Å²) in [6.45, 7) is 30.1. The molecule has 1 aliphatic heterocycles. The molecule has 1 aliphatic rings. The van der Waals surface area contributed by atoms with Crippen molar-refractivity contribution < 1.29 is 132 Å². The van der Waals surface area contributed by atoms with Crippen LogP contribution in [0, 0.1) is 32.5 Å². The lowest BCUT2D eigenvalue weighted by Crippen LogP contribution is -2.41. The number of esters is 5. The molecule has 0 spiro atoms. The van der Waals surface area contributed by atoms with E-state index in [4.69, 9.17) is 78.3 Å². The topological polar surface area (TPSA) is 446 Å². The Balaban J connectivity index is -0.000000211. The second kappa shape index (κ2) is 43.3. The number of hydrogen-bond donors (Lipinski definition) is 9. The summed E-state index contributed by atoms with van der Waals surface area (Å²) < 4.78 is 30.3. The van der Waals surface area contributed by atoms with Crippen LogP contribution >= 0.6 is 0 Å². The predicted octanol–water partition coefficient (Wildman–Crippen LogP) is 5.98. The summed E-state index contributed by atoms with van der Waals surface area (Å²) in [6.07, 6.45) is -0.149. The third-order valence-corrected chi connectivity index (χ3v) is 10.7. The Labute approximate surface area is 470 Å². The largest absolute Gasteiger partial charge is 0.481 e. The summed E-state index contributed by atoms with van der Waals surface area (Å²) in [7, 11) is 0. The van der Waals surface area contributed by atoms with Crippen molar-refractivity contribution in [3.8, 4) is 0 Å². The van der Waals surface area contributed by atoms with Crippen LogP contribution in [0.5, 0.6) is 0 Å². The molecular formula is C53H96O27. The summed E-state index contributed by atoms with van der Waals surface area (Å²) >= 11 is 0. The molecule has 0 aromatic carbocycles. The maximum Gasteiger partial charge on any atom is 0.311 e. The van der Waals surface area contributed by atoms with Crippen molar-refractivity contribution in [1.29, 1.82) is 0 Å². The molecule has 0 aliphatic carbocycles. The highest BCUT2D eigenvalue weighted by atomic mass is 16.6. The van der Waals surface area contributed by atoms with Gasteiger partial charge in [-0.3, -0.25) is 57.5 Å². The van der Waals surface area contributed by atoms with Gasteiger partial charge in [-0.1, -0.05) is 27.7 Å². The fourth-order valence-electron chi connectivity index (χ4n) is 4.97. The number of carbonyl (C=O) groups excluding carboxylic acids is 5. The van der Waals surface area contributed by atoms with Crippen molar-refractivity contribution in [2.24, 2.45) is 32.5 Å². The van der Waals surface area contributed by atoms with Crippen molar-refractivity contribution in [3.63, 3.8) is 0 Å². The molecule has 27 nitrogen and oxygen atoms in total. The van der Waals surface area contributed by atoms with Gasteiger partial charge in [0.1, 0.15) is 51.3 Å². The molecule has 5 atom stereocenters. The number of rotatable bonds is 24. The summed E-state index contributed by atoms with van der Waals surface area (Å²) in [4.78, 5) is 127. The van der Waals surface area contributed by atoms with Gasteiger partial charge in [-0.05, 0) is 108 Å². The van der Waals surface area contributed by atoms with Gasteiger partial charge in [0.05, 0.1) is 39.1 Å². The average molecular weight is 1170 g/mol. The minimum atomic E-state index is -1.32. The molecule has 470 valence electrons. The average Bonchev–Trinajstić information content (AvgIpc) is 4.14. The molecule has 9 N–H and O–H groups in total. The van der Waals surface area contributed by atoms with Gasteiger partial charge in [-0.2, -0.15) is 0 Å². The Morgan fingerprint density at radius 1 is 0.400 bits per heavy atom. The Kier molecular flexibility index (Phi) is 47.3. The van der Waals surface area contributed by atoms with E-state index in [0.717, 1.165) is 47.6 Å². The molecule has 1 fully saturated rings. The van der Waals surface area contributed by atoms with E-state index in [0.29, 0.717) is 25.9 Å². The number of carboxylic acids is 7. The van der Waals surface area contributed by atoms with Crippen LogP contribution in [0.4, 0.5) is 0 Å². The number of aliphatic hydroxyl groups excluding tert-OH is 2. The highest BCUT2D eigenvalue weighted by Crippen LogP contribution is 2.39. The van der Waals surface area contributed by atoms with Crippen molar-refractivity contribution in [1.82, 2.24) is 0 Å². The van der Waals surface area contributed by atoms with Crippen molar-refractivity contribution in [3.05, 3.63) is 0 Å². The zero-order valence-corrected chi connectivity index (χ0v) is 50.6. The van der Waals surface area contributed by atoms with Crippen LogP contribution in [0.3, 0.4) is 0 Å². The molecular weight excluding hydrogens is 1070 g/mol. The van der Waals surface area contributed by atoms with Gasteiger partial charge in [-0.15, -0.1) is 0 Å². The van der Waals surface area contributed by atoms with Crippen molar-refractivity contribution in [2.45, 2.75) is 195 Å². The number of carbonyl (C=O) groups is 12. The molecule has 80 heavy (non-hydrogen) atoms. The first-order valence-corrected chi connectivity index (χ1v) is 25.1. The molecule has 1 saturated heterocycles. The van der Waals surface area contributed by atoms with Crippen LogP contribution in [0.2, 0.25) is 0 Å². The number of epoxide rings is 1. The highest BCUT2D eigenvalue weighted by Gasteiger charge is 2.44. The van der Waals surface area contributed by atoms with Gasteiger partial charge in [0, 0.05) is 41.5 Å². The smallest absolute Gasteiger partial charge is 0.311 e. The van der Waals surface area contributed by atoms with E-state index >= 15 is 0 Å². The summed E-state index contributed by atoms with van der Waals surface area (Å²) in [5, 5.41) is 75.0. The lowest BCUT2D eigenvalue weighted by molar-refractivity contribution is -0.169. The number of hydrogen-bond acceptors (Lipinski definition) is 20. The lowest BCUT2D eigenvalue weighted by Gasteiger charge is -2.34. The second-order valence-electron chi connectivity index (χ2n) is 21.1. The third kappa shape index (κ3) is 53.5. The molecule has 0 bridgehead atoms. The fraction of sp³-hybridized carbons (Fsp3) is 0.774.